The van der Waals surface area contributed by atoms with Crippen molar-refractivity contribution < 1.29 is 33.3 Å². The van der Waals surface area contributed by atoms with Crippen LogP contribution in [0.25, 0.3) is 0 Å². The lowest BCUT2D eigenvalue weighted by Gasteiger charge is -2.08. The van der Waals surface area contributed by atoms with Gasteiger partial charge < -0.3 is 23.7 Å². The second kappa shape index (κ2) is 12.2. The van der Waals surface area contributed by atoms with E-state index in [0.29, 0.717) is 11.4 Å². The summed E-state index contributed by atoms with van der Waals surface area (Å²) >= 11 is 6.76. The summed E-state index contributed by atoms with van der Waals surface area (Å²) in [6, 6.07) is 14.3. The van der Waals surface area contributed by atoms with Crippen LogP contribution in [0.15, 0.2) is 90.1 Å². The van der Waals surface area contributed by atoms with Crippen LogP contribution in [-0.4, -0.2) is 50.2 Å². The highest BCUT2D eigenvalue weighted by molar-refractivity contribution is 9.10. The van der Waals surface area contributed by atoms with Crippen LogP contribution in [0.1, 0.15) is 13.8 Å². The molecule has 0 saturated carbocycles. The predicted octanol–water partition coefficient (Wildman–Crippen LogP) is 5.68. The Hall–Kier alpha value is -3.44. The molecule has 4 rings (SSSR count). The van der Waals surface area contributed by atoms with Gasteiger partial charge in [0.15, 0.2) is 22.7 Å². The van der Waals surface area contributed by atoms with E-state index < -0.39 is 11.9 Å². The Bertz CT molecular complexity index is 1210. The number of carbonyl (C=O) groups is 2. The number of hydrogen-bond acceptors (Lipinski definition) is 9. The van der Waals surface area contributed by atoms with Crippen LogP contribution >= 0.6 is 31.9 Å². The molecule has 0 amide bonds. The van der Waals surface area contributed by atoms with Gasteiger partial charge in [-0.1, -0.05) is 31.9 Å². The molecule has 2 aromatic carbocycles. The molecule has 11 heteroatoms. The number of nitrogens with zero attached hydrogens (tertiary/aromatic N) is 2. The number of halogens is 2. The Balaban J connectivity index is 1.73. The molecular formula is C26H22Br2N2O7. The van der Waals surface area contributed by atoms with Crippen molar-refractivity contribution >= 4 is 67.0 Å². The van der Waals surface area contributed by atoms with Gasteiger partial charge in [-0.25, -0.2) is 19.6 Å². The number of aliphatic imine (C=N–C) groups is 2. The third kappa shape index (κ3) is 6.47. The van der Waals surface area contributed by atoms with Crippen molar-refractivity contribution in [3.8, 4) is 0 Å². The van der Waals surface area contributed by atoms with E-state index in [1.807, 2.05) is 24.3 Å². The highest BCUT2D eigenvalue weighted by atomic mass is 79.9. The normalized spacial score (nSPS) is 17.2. The second-order valence-corrected chi connectivity index (χ2v) is 9.33. The van der Waals surface area contributed by atoms with Crippen LogP contribution in [0.2, 0.25) is 0 Å². The summed E-state index contributed by atoms with van der Waals surface area (Å²) in [5, 5.41) is 0. The molecule has 0 unspecified atom stereocenters. The van der Waals surface area contributed by atoms with E-state index in [9.17, 15) is 9.59 Å². The minimum Gasteiger partial charge on any atom is -0.469 e. The van der Waals surface area contributed by atoms with Crippen LogP contribution in [0, 0.1) is 0 Å². The third-order valence-corrected chi connectivity index (χ3v) is 6.04. The average Bonchev–Trinajstić information content (AvgIpc) is 3.46. The minimum absolute atomic E-state index is 0.0266. The first-order valence-corrected chi connectivity index (χ1v) is 12.9. The van der Waals surface area contributed by atoms with Crippen LogP contribution in [0.4, 0.5) is 11.4 Å². The van der Waals surface area contributed by atoms with Gasteiger partial charge in [-0.3, -0.25) is 0 Å². The summed E-state index contributed by atoms with van der Waals surface area (Å²) in [5.74, 6) is -0.939. The maximum Gasteiger partial charge on any atom is 0.347 e. The Kier molecular flexibility index (Phi) is 8.78. The molecule has 0 spiro atoms. The SMILES string of the molecule is CCOC(=O)C1=C(OC2=C(C(=O)OCC)C(=Nc3ccc(Br)cc3)OC2)COC1=Nc1ccc(Br)cc1. The summed E-state index contributed by atoms with van der Waals surface area (Å²) in [4.78, 5) is 34.6. The number of esters is 2. The first kappa shape index (κ1) is 26.6. The maximum atomic E-state index is 12.8. The lowest BCUT2D eigenvalue weighted by atomic mass is 10.2. The molecule has 2 heterocycles. The van der Waals surface area contributed by atoms with Gasteiger partial charge in [0.2, 0.25) is 11.8 Å². The number of carbonyl (C=O) groups excluding carboxylic acids is 2. The number of rotatable bonds is 8. The Labute approximate surface area is 230 Å². The van der Waals surface area contributed by atoms with Gasteiger partial charge in [0.25, 0.3) is 0 Å². The average molecular weight is 634 g/mol. The Morgan fingerprint density at radius 2 is 1.11 bits per heavy atom. The fourth-order valence-corrected chi connectivity index (χ4v) is 3.88. The highest BCUT2D eigenvalue weighted by Crippen LogP contribution is 2.30. The third-order valence-electron chi connectivity index (χ3n) is 4.99. The van der Waals surface area contributed by atoms with Crippen molar-refractivity contribution in [2.75, 3.05) is 26.4 Å². The molecule has 2 aliphatic heterocycles. The molecule has 37 heavy (non-hydrogen) atoms. The summed E-state index contributed by atoms with van der Waals surface area (Å²) in [5.41, 5.74) is 1.19. The molecule has 0 aliphatic carbocycles. The van der Waals surface area contributed by atoms with Crippen molar-refractivity contribution in [2.24, 2.45) is 9.98 Å². The van der Waals surface area contributed by atoms with Gasteiger partial charge in [-0.15, -0.1) is 0 Å². The van der Waals surface area contributed by atoms with Gasteiger partial charge in [-0.05, 0) is 62.4 Å². The minimum atomic E-state index is -0.660. The quantitative estimate of drug-likeness (QED) is 0.344. The first-order chi connectivity index (χ1) is 17.9. The van der Waals surface area contributed by atoms with Gasteiger partial charge in [0.1, 0.15) is 13.2 Å². The van der Waals surface area contributed by atoms with Gasteiger partial charge in [0, 0.05) is 8.95 Å². The molecule has 2 aliphatic rings. The van der Waals surface area contributed by atoms with Crippen LogP contribution < -0.4 is 0 Å². The largest absolute Gasteiger partial charge is 0.469 e. The first-order valence-electron chi connectivity index (χ1n) is 11.3. The Morgan fingerprint density at radius 3 is 1.46 bits per heavy atom. The fraction of sp³-hybridized carbons (Fsp3) is 0.231. The van der Waals surface area contributed by atoms with E-state index in [1.165, 1.54) is 0 Å². The molecule has 192 valence electrons. The summed E-state index contributed by atoms with van der Waals surface area (Å²) < 4.78 is 29.6. The van der Waals surface area contributed by atoms with E-state index >= 15 is 0 Å². The highest BCUT2D eigenvalue weighted by Gasteiger charge is 2.37. The van der Waals surface area contributed by atoms with Crippen molar-refractivity contribution in [3.63, 3.8) is 0 Å². The number of hydrogen-bond donors (Lipinski definition) is 0. The van der Waals surface area contributed by atoms with E-state index in [4.69, 9.17) is 23.7 Å². The van der Waals surface area contributed by atoms with Crippen molar-refractivity contribution in [2.45, 2.75) is 13.8 Å². The molecule has 0 saturated heterocycles. The molecule has 9 nitrogen and oxygen atoms in total. The zero-order chi connectivity index (χ0) is 26.4. The molecule has 2 aromatic rings. The van der Waals surface area contributed by atoms with Crippen LogP contribution in [0.3, 0.4) is 0 Å². The molecule has 0 N–H and O–H groups in total. The number of ether oxygens (including phenoxy) is 5. The predicted molar refractivity (Wildman–Crippen MR) is 143 cm³/mol. The van der Waals surface area contributed by atoms with Crippen LogP contribution in [-0.2, 0) is 33.3 Å². The smallest absolute Gasteiger partial charge is 0.347 e. The van der Waals surface area contributed by atoms with Crippen molar-refractivity contribution in [1.29, 1.82) is 0 Å². The molecular weight excluding hydrogens is 612 g/mol. The van der Waals surface area contributed by atoms with Crippen molar-refractivity contribution in [1.82, 2.24) is 0 Å². The standard InChI is InChI=1S/C26H22Br2N2O7/c1-3-33-25(31)21-19(13-35-23(21)29-17-9-5-15(27)6-10-17)37-20-14-36-24(22(20)26(32)34-4-2)30-18-11-7-16(28)8-12-18/h5-12H,3-4,13-14H2,1-2H3. The monoisotopic (exact) mass is 632 g/mol. The molecule has 0 atom stereocenters. The zero-order valence-corrected chi connectivity index (χ0v) is 23.1. The summed E-state index contributed by atoms with van der Waals surface area (Å²) in [6.45, 7) is 3.48. The lowest BCUT2D eigenvalue weighted by Crippen LogP contribution is -2.16. The van der Waals surface area contributed by atoms with Crippen LogP contribution in [0.5, 0.6) is 0 Å². The van der Waals surface area contributed by atoms with Gasteiger partial charge in [-0.2, -0.15) is 0 Å². The molecule has 0 bridgehead atoms. The van der Waals surface area contributed by atoms with Gasteiger partial charge >= 0.3 is 11.9 Å². The van der Waals surface area contributed by atoms with Gasteiger partial charge in [0.05, 0.1) is 24.6 Å². The number of benzene rings is 2. The summed E-state index contributed by atoms with van der Waals surface area (Å²) in [7, 11) is 0. The molecule has 0 fully saturated rings. The zero-order valence-electron chi connectivity index (χ0n) is 20.0. The topological polar surface area (TPSA) is 105 Å². The van der Waals surface area contributed by atoms with Crippen molar-refractivity contribution in [3.05, 3.63) is 80.1 Å². The molecule has 0 radical (unpaired) electrons. The summed E-state index contributed by atoms with van der Waals surface area (Å²) in [6.07, 6.45) is 0. The fourth-order valence-electron chi connectivity index (χ4n) is 3.36. The molecule has 0 aromatic heterocycles. The Morgan fingerprint density at radius 1 is 0.730 bits per heavy atom. The van der Waals surface area contributed by atoms with E-state index in [2.05, 4.69) is 41.8 Å². The van der Waals surface area contributed by atoms with E-state index in [0.717, 1.165) is 8.95 Å². The van der Waals surface area contributed by atoms with E-state index in [-0.39, 0.29) is 60.9 Å². The van der Waals surface area contributed by atoms with E-state index in [1.54, 1.807) is 38.1 Å². The maximum absolute atomic E-state index is 12.8. The second-order valence-electron chi connectivity index (χ2n) is 7.50. The lowest BCUT2D eigenvalue weighted by molar-refractivity contribution is -0.138.